The number of hydrogen-bond acceptors (Lipinski definition) is 4. The van der Waals surface area contributed by atoms with Gasteiger partial charge in [0.05, 0.1) is 19.8 Å². The van der Waals surface area contributed by atoms with E-state index in [1.165, 1.54) is 0 Å². The third-order valence-electron chi connectivity index (χ3n) is 5.54. The topological polar surface area (TPSA) is 64.1 Å². The van der Waals surface area contributed by atoms with Crippen molar-refractivity contribution >= 4 is 29.9 Å². The van der Waals surface area contributed by atoms with Crippen LogP contribution in [0.1, 0.15) is 26.7 Å². The first-order chi connectivity index (χ1) is 12.6. The molecule has 1 aliphatic carbocycles. The van der Waals surface area contributed by atoms with Gasteiger partial charge in [-0.15, -0.1) is 24.0 Å². The Bertz CT molecular complexity index is 639. The molecule has 3 rings (SSSR count). The van der Waals surface area contributed by atoms with Gasteiger partial charge in [-0.25, -0.2) is 0 Å². The minimum Gasteiger partial charge on any atom is -0.497 e. The second-order valence-corrected chi connectivity index (χ2v) is 7.57. The van der Waals surface area contributed by atoms with Gasteiger partial charge in [-0.2, -0.15) is 0 Å². The predicted octanol–water partition coefficient (Wildman–Crippen LogP) is 3.06. The van der Waals surface area contributed by atoms with E-state index in [9.17, 15) is 0 Å². The Balaban J connectivity index is 0.00000261. The number of benzene rings is 1. The zero-order valence-corrected chi connectivity index (χ0v) is 19.0. The first-order valence-electron chi connectivity index (χ1n) is 9.42. The van der Waals surface area contributed by atoms with E-state index in [1.807, 2.05) is 31.3 Å². The molecule has 2 aliphatic rings. The van der Waals surface area contributed by atoms with Crippen molar-refractivity contribution in [3.8, 4) is 11.5 Å². The maximum absolute atomic E-state index is 5.86. The van der Waals surface area contributed by atoms with Crippen LogP contribution in [0, 0.1) is 11.3 Å². The van der Waals surface area contributed by atoms with Crippen molar-refractivity contribution in [2.75, 3.05) is 33.9 Å². The van der Waals surface area contributed by atoms with Gasteiger partial charge in [-0.1, -0.05) is 19.9 Å². The average Bonchev–Trinajstić information content (AvgIpc) is 3.11. The average molecular weight is 489 g/mol. The van der Waals surface area contributed by atoms with Crippen LogP contribution in [-0.4, -0.2) is 52.0 Å². The molecule has 1 saturated heterocycles. The molecule has 0 bridgehead atoms. The largest absolute Gasteiger partial charge is 0.497 e. The molecule has 152 valence electrons. The van der Waals surface area contributed by atoms with Crippen molar-refractivity contribution in [3.05, 3.63) is 24.3 Å². The molecular weight excluding hydrogens is 457 g/mol. The SMILES string of the molecule is CN=C(NCCCOc1cccc(OC)c1)NC1C2CCOC2C1(C)C.I. The molecule has 3 unspecified atom stereocenters. The summed E-state index contributed by atoms with van der Waals surface area (Å²) in [5, 5.41) is 6.98. The monoisotopic (exact) mass is 489 g/mol. The lowest BCUT2D eigenvalue weighted by Gasteiger charge is -2.54. The van der Waals surface area contributed by atoms with Crippen molar-refractivity contribution in [3.63, 3.8) is 0 Å². The van der Waals surface area contributed by atoms with Crippen molar-refractivity contribution in [1.29, 1.82) is 0 Å². The van der Waals surface area contributed by atoms with Crippen LogP contribution in [-0.2, 0) is 4.74 Å². The summed E-state index contributed by atoms with van der Waals surface area (Å²) in [7, 11) is 3.47. The number of fused-ring (bicyclic) bond motifs is 1. The van der Waals surface area contributed by atoms with Gasteiger partial charge in [-0.05, 0) is 25.0 Å². The van der Waals surface area contributed by atoms with Crippen LogP contribution in [0.2, 0.25) is 0 Å². The molecule has 0 radical (unpaired) electrons. The molecule has 7 heteroatoms. The highest BCUT2D eigenvalue weighted by atomic mass is 127. The highest BCUT2D eigenvalue weighted by Crippen LogP contribution is 2.52. The van der Waals surface area contributed by atoms with Gasteiger partial charge in [-0.3, -0.25) is 4.99 Å². The summed E-state index contributed by atoms with van der Waals surface area (Å²) in [6, 6.07) is 8.08. The van der Waals surface area contributed by atoms with Crippen LogP contribution >= 0.6 is 24.0 Å². The van der Waals surface area contributed by atoms with Crippen LogP contribution in [0.3, 0.4) is 0 Å². The van der Waals surface area contributed by atoms with Crippen LogP contribution in [0.15, 0.2) is 29.3 Å². The fraction of sp³-hybridized carbons (Fsp3) is 0.650. The maximum Gasteiger partial charge on any atom is 0.191 e. The number of ether oxygens (including phenoxy) is 3. The van der Waals surface area contributed by atoms with E-state index in [-0.39, 0.29) is 29.4 Å². The number of nitrogens with zero attached hydrogens (tertiary/aromatic N) is 1. The standard InChI is InChI=1S/C20H31N3O3.HI/c1-20(2)17(16-9-12-26-18(16)20)23-19(21-3)22-10-6-11-25-15-8-5-7-14(13-15)24-4;/h5,7-8,13,16-18H,6,9-12H2,1-4H3,(H2,21,22,23);1H. The summed E-state index contributed by atoms with van der Waals surface area (Å²) in [5.74, 6) is 3.09. The first kappa shape index (κ1) is 22.1. The third kappa shape index (κ3) is 4.99. The minimum atomic E-state index is 0. The molecule has 3 atom stereocenters. The summed E-state index contributed by atoms with van der Waals surface area (Å²) in [6.07, 6.45) is 2.41. The molecule has 2 N–H and O–H groups in total. The second kappa shape index (κ2) is 9.82. The molecular formula is C20H32IN3O3. The molecule has 1 aromatic rings. The molecule has 1 aliphatic heterocycles. The van der Waals surface area contributed by atoms with Gasteiger partial charge in [0.1, 0.15) is 11.5 Å². The molecule has 6 nitrogen and oxygen atoms in total. The molecule has 1 saturated carbocycles. The van der Waals surface area contributed by atoms with E-state index in [1.54, 1.807) is 7.11 Å². The zero-order valence-electron chi connectivity index (χ0n) is 16.7. The second-order valence-electron chi connectivity index (χ2n) is 7.57. The Hall–Kier alpha value is -1.22. The van der Waals surface area contributed by atoms with E-state index in [2.05, 4.69) is 29.5 Å². The number of aliphatic imine (C=N–C) groups is 1. The number of halogens is 1. The molecule has 0 aromatic heterocycles. The van der Waals surface area contributed by atoms with Crippen molar-refractivity contribution in [2.45, 2.75) is 38.8 Å². The lowest BCUT2D eigenvalue weighted by molar-refractivity contribution is -0.106. The fourth-order valence-corrected chi connectivity index (χ4v) is 4.12. The molecule has 0 amide bonds. The van der Waals surface area contributed by atoms with Crippen LogP contribution in [0.5, 0.6) is 11.5 Å². The summed E-state index contributed by atoms with van der Waals surface area (Å²) < 4.78 is 16.8. The van der Waals surface area contributed by atoms with E-state index >= 15 is 0 Å². The van der Waals surface area contributed by atoms with E-state index < -0.39 is 0 Å². The number of nitrogens with one attached hydrogen (secondary N) is 2. The van der Waals surface area contributed by atoms with E-state index in [4.69, 9.17) is 14.2 Å². The Labute approximate surface area is 179 Å². The minimum absolute atomic E-state index is 0. The van der Waals surface area contributed by atoms with Gasteiger partial charge in [0.2, 0.25) is 0 Å². The third-order valence-corrected chi connectivity index (χ3v) is 5.54. The maximum atomic E-state index is 5.86. The number of hydrogen-bond donors (Lipinski definition) is 2. The molecule has 1 heterocycles. The Kier molecular flexibility index (Phi) is 8.03. The van der Waals surface area contributed by atoms with Gasteiger partial charge in [0.15, 0.2) is 5.96 Å². The van der Waals surface area contributed by atoms with E-state index in [0.717, 1.165) is 43.5 Å². The lowest BCUT2D eigenvalue weighted by Crippen LogP contribution is -2.68. The molecule has 0 spiro atoms. The number of rotatable bonds is 7. The first-order valence-corrected chi connectivity index (χ1v) is 9.42. The summed E-state index contributed by atoms with van der Waals surface area (Å²) in [5.41, 5.74) is 0.147. The summed E-state index contributed by atoms with van der Waals surface area (Å²) >= 11 is 0. The number of methoxy groups -OCH3 is 1. The highest BCUT2D eigenvalue weighted by molar-refractivity contribution is 14.0. The van der Waals surface area contributed by atoms with Gasteiger partial charge in [0.25, 0.3) is 0 Å². The fourth-order valence-electron chi connectivity index (χ4n) is 4.12. The quantitative estimate of drug-likeness (QED) is 0.267. The van der Waals surface area contributed by atoms with Gasteiger partial charge < -0.3 is 24.8 Å². The smallest absolute Gasteiger partial charge is 0.191 e. The summed E-state index contributed by atoms with van der Waals surface area (Å²) in [4.78, 5) is 4.36. The number of guanidine groups is 1. The molecule has 1 aromatic carbocycles. The Morgan fingerprint density at radius 1 is 1.33 bits per heavy atom. The highest BCUT2D eigenvalue weighted by Gasteiger charge is 2.59. The summed E-state index contributed by atoms with van der Waals surface area (Å²) in [6.45, 7) is 6.87. The van der Waals surface area contributed by atoms with Crippen LogP contribution in [0.4, 0.5) is 0 Å². The molecule has 27 heavy (non-hydrogen) atoms. The van der Waals surface area contributed by atoms with Gasteiger partial charge in [0, 0.05) is 43.6 Å². The Morgan fingerprint density at radius 3 is 2.85 bits per heavy atom. The Morgan fingerprint density at radius 2 is 2.11 bits per heavy atom. The van der Waals surface area contributed by atoms with E-state index in [0.29, 0.717) is 24.7 Å². The normalized spacial score (nSPS) is 25.6. The van der Waals surface area contributed by atoms with Crippen molar-refractivity contribution in [1.82, 2.24) is 10.6 Å². The van der Waals surface area contributed by atoms with Gasteiger partial charge >= 0.3 is 0 Å². The van der Waals surface area contributed by atoms with Crippen molar-refractivity contribution < 1.29 is 14.2 Å². The predicted molar refractivity (Wildman–Crippen MR) is 118 cm³/mol. The molecule has 2 fully saturated rings. The van der Waals surface area contributed by atoms with Crippen LogP contribution in [0.25, 0.3) is 0 Å². The van der Waals surface area contributed by atoms with Crippen LogP contribution < -0.4 is 20.1 Å². The van der Waals surface area contributed by atoms with Crippen molar-refractivity contribution in [2.24, 2.45) is 16.3 Å². The lowest BCUT2D eigenvalue weighted by atomic mass is 9.57. The zero-order chi connectivity index (χ0) is 18.6.